The van der Waals surface area contributed by atoms with Crippen molar-refractivity contribution in [3.8, 4) is 17.0 Å². The Kier molecular flexibility index (Phi) is 3.39. The van der Waals surface area contributed by atoms with Crippen LogP contribution in [-0.4, -0.2) is 21.1 Å². The monoisotopic (exact) mass is 280 g/mol. The maximum Gasteiger partial charge on any atom is 0.226 e. The molecule has 2 aromatic heterocycles. The van der Waals surface area contributed by atoms with Crippen LogP contribution in [-0.2, 0) is 0 Å². The summed E-state index contributed by atoms with van der Waals surface area (Å²) in [6, 6.07) is 9.83. The molecule has 0 atom stereocenters. The minimum absolute atomic E-state index is 0.0181. The van der Waals surface area contributed by atoms with E-state index in [9.17, 15) is 0 Å². The van der Waals surface area contributed by atoms with Crippen molar-refractivity contribution < 1.29 is 4.74 Å². The number of fused-ring (bicyclic) bond motifs is 1. The number of nitrogens with zero attached hydrogens (tertiary/aromatic N) is 3. The second kappa shape index (κ2) is 5.36. The zero-order valence-electron chi connectivity index (χ0n) is 11.9. The topological polar surface area (TPSA) is 73.9 Å². The van der Waals surface area contributed by atoms with E-state index in [2.05, 4.69) is 15.0 Å². The molecule has 5 heteroatoms. The van der Waals surface area contributed by atoms with Crippen LogP contribution in [0.25, 0.3) is 22.0 Å². The lowest BCUT2D eigenvalue weighted by molar-refractivity contribution is 0.236. The third-order valence-corrected chi connectivity index (χ3v) is 3.02. The van der Waals surface area contributed by atoms with E-state index in [0.717, 1.165) is 22.0 Å². The molecule has 0 saturated heterocycles. The van der Waals surface area contributed by atoms with Gasteiger partial charge in [0.25, 0.3) is 0 Å². The number of benzene rings is 1. The van der Waals surface area contributed by atoms with Gasteiger partial charge in [0.15, 0.2) is 0 Å². The first kappa shape index (κ1) is 13.3. The van der Waals surface area contributed by atoms with Gasteiger partial charge in [-0.3, -0.25) is 4.98 Å². The lowest BCUT2D eigenvalue weighted by Crippen LogP contribution is -2.09. The fourth-order valence-electron chi connectivity index (χ4n) is 2.14. The smallest absolute Gasteiger partial charge is 0.226 e. The highest BCUT2D eigenvalue weighted by atomic mass is 16.5. The lowest BCUT2D eigenvalue weighted by Gasteiger charge is -2.12. The molecule has 2 N–H and O–H groups in total. The predicted octanol–water partition coefficient (Wildman–Crippen LogP) is 3.06. The van der Waals surface area contributed by atoms with E-state index < -0.39 is 0 Å². The minimum Gasteiger partial charge on any atom is -0.474 e. The Hall–Kier alpha value is -2.69. The number of rotatable bonds is 3. The van der Waals surface area contributed by atoms with Gasteiger partial charge in [0.05, 0.1) is 17.0 Å². The normalized spacial score (nSPS) is 11.0. The molecule has 0 amide bonds. The second-order valence-electron chi connectivity index (χ2n) is 5.03. The van der Waals surface area contributed by atoms with Gasteiger partial charge in [0, 0.05) is 18.0 Å². The highest BCUT2D eigenvalue weighted by Gasteiger charge is 2.10. The van der Waals surface area contributed by atoms with Crippen LogP contribution in [0.1, 0.15) is 13.8 Å². The Morgan fingerprint density at radius 3 is 2.67 bits per heavy atom. The van der Waals surface area contributed by atoms with Crippen LogP contribution < -0.4 is 10.5 Å². The summed E-state index contributed by atoms with van der Waals surface area (Å²) in [5, 5.41) is 0.847. The Bertz CT molecular complexity index is 772. The molecule has 1 aromatic carbocycles. The van der Waals surface area contributed by atoms with Crippen LogP contribution >= 0.6 is 0 Å². The van der Waals surface area contributed by atoms with E-state index in [1.54, 1.807) is 6.20 Å². The van der Waals surface area contributed by atoms with Crippen molar-refractivity contribution in [1.29, 1.82) is 0 Å². The second-order valence-corrected chi connectivity index (χ2v) is 5.03. The molecule has 0 bridgehead atoms. The quantitative estimate of drug-likeness (QED) is 0.798. The molecule has 3 aromatic rings. The molecule has 3 rings (SSSR count). The van der Waals surface area contributed by atoms with Crippen LogP contribution in [0.5, 0.6) is 5.88 Å². The van der Waals surface area contributed by atoms with Gasteiger partial charge in [0.1, 0.15) is 0 Å². The van der Waals surface area contributed by atoms with Crippen molar-refractivity contribution in [3.63, 3.8) is 0 Å². The molecular weight excluding hydrogens is 264 g/mol. The standard InChI is InChI=1S/C16H16N4O/c1-10(2)21-15-13-8-11(12-4-3-7-18-9-12)5-6-14(13)19-16(17)20-15/h3-10H,1-2H3,(H2,17,19,20). The predicted molar refractivity (Wildman–Crippen MR) is 82.9 cm³/mol. The molecule has 0 unspecified atom stereocenters. The number of aromatic nitrogens is 3. The molecule has 0 aliphatic carbocycles. The molecule has 0 saturated carbocycles. The maximum atomic E-state index is 5.75. The molecule has 0 spiro atoms. The highest BCUT2D eigenvalue weighted by molar-refractivity contribution is 5.88. The Morgan fingerprint density at radius 1 is 1.10 bits per heavy atom. The molecule has 0 fully saturated rings. The molecule has 0 radical (unpaired) electrons. The molecule has 0 aliphatic heterocycles. The van der Waals surface area contributed by atoms with Gasteiger partial charge in [-0.05, 0) is 37.6 Å². The summed E-state index contributed by atoms with van der Waals surface area (Å²) in [5.41, 5.74) is 8.58. The van der Waals surface area contributed by atoms with E-state index in [-0.39, 0.29) is 12.1 Å². The Balaban J connectivity index is 2.17. The van der Waals surface area contributed by atoms with Crippen LogP contribution in [0.3, 0.4) is 0 Å². The molecule has 0 aliphatic rings. The first-order valence-corrected chi connectivity index (χ1v) is 6.78. The zero-order chi connectivity index (χ0) is 14.8. The fraction of sp³-hybridized carbons (Fsp3) is 0.188. The average Bonchev–Trinajstić information content (AvgIpc) is 2.47. The van der Waals surface area contributed by atoms with E-state index in [1.807, 2.05) is 50.4 Å². The lowest BCUT2D eigenvalue weighted by atomic mass is 10.1. The van der Waals surface area contributed by atoms with E-state index in [1.165, 1.54) is 0 Å². The first-order chi connectivity index (χ1) is 10.1. The van der Waals surface area contributed by atoms with Crippen molar-refractivity contribution in [2.75, 3.05) is 5.73 Å². The molecule has 21 heavy (non-hydrogen) atoms. The molecule has 106 valence electrons. The molecule has 5 nitrogen and oxygen atoms in total. The zero-order valence-corrected chi connectivity index (χ0v) is 11.9. The van der Waals surface area contributed by atoms with Crippen LogP contribution in [0.2, 0.25) is 0 Å². The summed E-state index contributed by atoms with van der Waals surface area (Å²) in [5.74, 6) is 0.727. The van der Waals surface area contributed by atoms with Gasteiger partial charge in [-0.1, -0.05) is 12.1 Å². The van der Waals surface area contributed by atoms with Crippen molar-refractivity contribution in [1.82, 2.24) is 15.0 Å². The van der Waals surface area contributed by atoms with Gasteiger partial charge in [-0.2, -0.15) is 4.98 Å². The highest BCUT2D eigenvalue weighted by Crippen LogP contribution is 2.29. The Morgan fingerprint density at radius 2 is 1.95 bits per heavy atom. The van der Waals surface area contributed by atoms with Gasteiger partial charge < -0.3 is 10.5 Å². The number of ether oxygens (including phenoxy) is 1. The summed E-state index contributed by atoms with van der Waals surface area (Å²) < 4.78 is 5.75. The number of pyridine rings is 1. The van der Waals surface area contributed by atoms with E-state index >= 15 is 0 Å². The van der Waals surface area contributed by atoms with E-state index in [4.69, 9.17) is 10.5 Å². The SMILES string of the molecule is CC(C)Oc1nc(N)nc2ccc(-c3cccnc3)cc12. The first-order valence-electron chi connectivity index (χ1n) is 6.78. The molecular formula is C16H16N4O. The number of nitrogens with two attached hydrogens (primary N) is 1. The van der Waals surface area contributed by atoms with Crippen molar-refractivity contribution in [2.24, 2.45) is 0 Å². The van der Waals surface area contributed by atoms with Crippen LogP contribution in [0, 0.1) is 0 Å². The Labute approximate surface area is 122 Å². The summed E-state index contributed by atoms with van der Waals surface area (Å²) in [4.78, 5) is 12.6. The molecule has 2 heterocycles. The summed E-state index contributed by atoms with van der Waals surface area (Å²) in [6.07, 6.45) is 3.59. The van der Waals surface area contributed by atoms with Crippen molar-refractivity contribution in [3.05, 3.63) is 42.7 Å². The van der Waals surface area contributed by atoms with Crippen molar-refractivity contribution >= 4 is 16.9 Å². The largest absolute Gasteiger partial charge is 0.474 e. The van der Waals surface area contributed by atoms with Gasteiger partial charge in [-0.25, -0.2) is 4.98 Å². The number of hydrogen-bond donors (Lipinski definition) is 1. The summed E-state index contributed by atoms with van der Waals surface area (Å²) >= 11 is 0. The third-order valence-electron chi connectivity index (χ3n) is 3.02. The number of hydrogen-bond acceptors (Lipinski definition) is 5. The maximum absolute atomic E-state index is 5.75. The summed E-state index contributed by atoms with van der Waals surface area (Å²) in [6.45, 7) is 3.91. The third kappa shape index (κ3) is 2.76. The number of nitrogen functional groups attached to an aromatic ring is 1. The fourth-order valence-corrected chi connectivity index (χ4v) is 2.14. The summed E-state index contributed by atoms with van der Waals surface area (Å²) in [7, 11) is 0. The van der Waals surface area contributed by atoms with Crippen molar-refractivity contribution in [2.45, 2.75) is 20.0 Å². The van der Waals surface area contributed by atoms with Gasteiger partial charge in [0.2, 0.25) is 11.8 Å². The number of anilines is 1. The van der Waals surface area contributed by atoms with Gasteiger partial charge >= 0.3 is 0 Å². The van der Waals surface area contributed by atoms with E-state index in [0.29, 0.717) is 5.88 Å². The van der Waals surface area contributed by atoms with Crippen LogP contribution in [0.4, 0.5) is 5.95 Å². The minimum atomic E-state index is 0.0181. The average molecular weight is 280 g/mol. The van der Waals surface area contributed by atoms with Crippen LogP contribution in [0.15, 0.2) is 42.7 Å². The van der Waals surface area contributed by atoms with Gasteiger partial charge in [-0.15, -0.1) is 0 Å².